The highest BCUT2D eigenvalue weighted by atomic mass is 32.1. The second-order valence-electron chi connectivity index (χ2n) is 9.59. The quantitative estimate of drug-likeness (QED) is 0.391. The lowest BCUT2D eigenvalue weighted by Gasteiger charge is -2.22. The van der Waals surface area contributed by atoms with Crippen LogP contribution >= 0.6 is 11.3 Å². The van der Waals surface area contributed by atoms with Gasteiger partial charge >= 0.3 is 0 Å². The van der Waals surface area contributed by atoms with Gasteiger partial charge in [-0.2, -0.15) is 5.10 Å². The fraction of sp³-hybridized carbons (Fsp3) is 0.370. The van der Waals surface area contributed by atoms with Crippen LogP contribution in [0.25, 0.3) is 27.5 Å². The molecule has 11 heteroatoms. The van der Waals surface area contributed by atoms with Gasteiger partial charge in [-0.25, -0.2) is 14.6 Å². The number of rotatable bonds is 6. The number of β-amino-alcohol motifs (C(OH)–C–C–N with tert-alkyl or cyclic N) is 1. The highest BCUT2D eigenvalue weighted by Crippen LogP contribution is 2.44. The fourth-order valence-corrected chi connectivity index (χ4v) is 6.37. The van der Waals surface area contributed by atoms with Crippen molar-refractivity contribution in [3.8, 4) is 27.5 Å². The number of fused-ring (bicyclic) bond motifs is 3. The van der Waals surface area contributed by atoms with Crippen LogP contribution in [-0.2, 0) is 17.6 Å². The fourth-order valence-electron chi connectivity index (χ4n) is 5.25. The molecule has 0 radical (unpaired) electrons. The van der Waals surface area contributed by atoms with Crippen molar-refractivity contribution in [2.45, 2.75) is 26.2 Å². The number of aliphatic hydroxyl groups is 1. The average Bonchev–Trinajstić information content (AvgIpc) is 3.43. The molecule has 1 fully saturated rings. The van der Waals surface area contributed by atoms with E-state index in [2.05, 4.69) is 32.2 Å². The number of aliphatic hydroxyl groups excluding tert-OH is 1. The number of thiazole rings is 1. The van der Waals surface area contributed by atoms with Gasteiger partial charge in [0.15, 0.2) is 5.13 Å². The molecule has 0 saturated carbocycles. The summed E-state index contributed by atoms with van der Waals surface area (Å²) in [4.78, 5) is 31.2. The molecule has 2 N–H and O–H groups in total. The van der Waals surface area contributed by atoms with Gasteiger partial charge in [0.25, 0.3) is 0 Å². The van der Waals surface area contributed by atoms with Gasteiger partial charge in [-0.3, -0.25) is 14.7 Å². The lowest BCUT2D eigenvalue weighted by molar-refractivity contribution is -0.114. The maximum Gasteiger partial charge on any atom is 0.223 e. The third kappa shape index (κ3) is 4.80. The Hall–Kier alpha value is -3.67. The van der Waals surface area contributed by atoms with E-state index in [9.17, 15) is 9.90 Å². The van der Waals surface area contributed by atoms with Gasteiger partial charge in [-0.15, -0.1) is 0 Å². The number of pyridine rings is 2. The Kier molecular flexibility index (Phi) is 6.88. The number of nitrogens with one attached hydrogen (secondary N) is 1. The predicted octanol–water partition coefficient (Wildman–Crippen LogP) is 3.01. The van der Waals surface area contributed by atoms with E-state index in [1.807, 2.05) is 29.2 Å². The number of carbonyl (C=O) groups excluding carboxylic acids is 1. The van der Waals surface area contributed by atoms with Crippen LogP contribution < -0.4 is 10.2 Å². The van der Waals surface area contributed by atoms with E-state index in [1.54, 1.807) is 6.20 Å². The molecule has 4 aromatic rings. The van der Waals surface area contributed by atoms with E-state index in [0.717, 1.165) is 90.0 Å². The molecule has 5 heterocycles. The second kappa shape index (κ2) is 10.6. The number of aromatic nitrogens is 5. The molecule has 0 bridgehead atoms. The van der Waals surface area contributed by atoms with Crippen LogP contribution in [0.2, 0.25) is 0 Å². The molecule has 0 aromatic carbocycles. The molecule has 10 nitrogen and oxygen atoms in total. The Balaban J connectivity index is 1.37. The first-order valence-corrected chi connectivity index (χ1v) is 13.8. The van der Waals surface area contributed by atoms with Gasteiger partial charge in [0.2, 0.25) is 5.91 Å². The summed E-state index contributed by atoms with van der Waals surface area (Å²) < 4.78 is 1.97. The SMILES string of the molecule is CC(=O)Nc1nc2c(s1)-c1c(c(-c3cccnc3)nn1-c1ccc(N3CCCN(CCO)CC3)nc1)CC2. The largest absolute Gasteiger partial charge is 0.395 e. The molecule has 196 valence electrons. The van der Waals surface area contributed by atoms with Crippen LogP contribution in [0.15, 0.2) is 42.9 Å². The molecule has 4 aromatic heterocycles. The lowest BCUT2D eigenvalue weighted by atomic mass is 9.95. The van der Waals surface area contributed by atoms with E-state index >= 15 is 0 Å². The van der Waals surface area contributed by atoms with Gasteiger partial charge in [-0.05, 0) is 50.1 Å². The monoisotopic (exact) mass is 530 g/mol. The number of nitrogens with zero attached hydrogens (tertiary/aromatic N) is 7. The Morgan fingerprint density at radius 1 is 1.13 bits per heavy atom. The van der Waals surface area contributed by atoms with E-state index in [4.69, 9.17) is 15.1 Å². The minimum absolute atomic E-state index is 0.131. The van der Waals surface area contributed by atoms with Crippen molar-refractivity contribution >= 4 is 28.2 Å². The maximum atomic E-state index is 11.7. The summed E-state index contributed by atoms with van der Waals surface area (Å²) >= 11 is 1.49. The summed E-state index contributed by atoms with van der Waals surface area (Å²) in [5, 5.41) is 17.8. The van der Waals surface area contributed by atoms with Crippen LogP contribution in [0.5, 0.6) is 0 Å². The lowest BCUT2D eigenvalue weighted by Crippen LogP contribution is -2.32. The molecule has 0 spiro atoms. The van der Waals surface area contributed by atoms with Crippen LogP contribution in [0.1, 0.15) is 24.6 Å². The Bertz CT molecular complexity index is 1430. The second-order valence-corrected chi connectivity index (χ2v) is 10.6. The number of aryl methyl sites for hydroxylation is 1. The molecular weight excluding hydrogens is 500 g/mol. The van der Waals surface area contributed by atoms with Gasteiger partial charge in [0, 0.05) is 56.6 Å². The summed E-state index contributed by atoms with van der Waals surface area (Å²) in [6.45, 7) is 6.12. The third-order valence-corrected chi connectivity index (χ3v) is 8.05. The highest BCUT2D eigenvalue weighted by molar-refractivity contribution is 7.19. The Morgan fingerprint density at radius 3 is 2.82 bits per heavy atom. The first kappa shape index (κ1) is 24.7. The zero-order valence-corrected chi connectivity index (χ0v) is 22.1. The summed E-state index contributed by atoms with van der Waals surface area (Å²) in [6, 6.07) is 8.10. The van der Waals surface area contributed by atoms with Crippen molar-refractivity contribution in [1.29, 1.82) is 0 Å². The number of anilines is 2. The minimum Gasteiger partial charge on any atom is -0.395 e. The molecule has 6 rings (SSSR count). The zero-order valence-electron chi connectivity index (χ0n) is 21.3. The molecule has 1 amide bonds. The minimum atomic E-state index is -0.131. The topological polar surface area (TPSA) is 112 Å². The first-order valence-electron chi connectivity index (χ1n) is 13.0. The van der Waals surface area contributed by atoms with Crippen molar-refractivity contribution in [3.05, 3.63) is 54.1 Å². The normalized spacial score (nSPS) is 15.6. The van der Waals surface area contributed by atoms with Crippen molar-refractivity contribution in [1.82, 2.24) is 29.6 Å². The summed E-state index contributed by atoms with van der Waals surface area (Å²) in [6.07, 6.45) is 8.13. The van der Waals surface area contributed by atoms with E-state index in [1.165, 1.54) is 18.3 Å². The maximum absolute atomic E-state index is 11.7. The van der Waals surface area contributed by atoms with Crippen molar-refractivity contribution in [3.63, 3.8) is 0 Å². The number of hydrogen-bond donors (Lipinski definition) is 2. The molecule has 0 unspecified atom stereocenters. The number of carbonyl (C=O) groups is 1. The molecule has 1 aliphatic carbocycles. The Labute approximate surface area is 225 Å². The molecule has 38 heavy (non-hydrogen) atoms. The van der Waals surface area contributed by atoms with E-state index in [0.29, 0.717) is 11.7 Å². The van der Waals surface area contributed by atoms with Gasteiger partial charge in [-0.1, -0.05) is 11.3 Å². The van der Waals surface area contributed by atoms with Crippen molar-refractivity contribution < 1.29 is 9.90 Å². The summed E-state index contributed by atoms with van der Waals surface area (Å²) in [5.74, 6) is 0.813. The van der Waals surface area contributed by atoms with Crippen molar-refractivity contribution in [2.75, 3.05) is 49.5 Å². The van der Waals surface area contributed by atoms with Gasteiger partial charge < -0.3 is 15.3 Å². The standard InChI is InChI=1S/C27H30N8O2S/c1-18(37)30-27-31-22-7-6-21-24(19-4-2-9-28-16-19)32-35(25(21)26(22)38-27)20-5-8-23(29-17-20)34-11-3-10-33(12-13-34)14-15-36/h2,4-5,8-9,16-17,36H,3,6-7,10-15H2,1H3,(H,30,31,37). The number of hydrogen-bond acceptors (Lipinski definition) is 9. The molecular formula is C27H30N8O2S. The average molecular weight is 531 g/mol. The summed E-state index contributed by atoms with van der Waals surface area (Å²) in [7, 11) is 0. The van der Waals surface area contributed by atoms with Crippen LogP contribution in [0.4, 0.5) is 10.9 Å². The first-order chi connectivity index (χ1) is 18.6. The van der Waals surface area contributed by atoms with Gasteiger partial charge in [0.05, 0.1) is 40.5 Å². The van der Waals surface area contributed by atoms with Crippen molar-refractivity contribution in [2.24, 2.45) is 0 Å². The van der Waals surface area contributed by atoms with E-state index < -0.39 is 0 Å². The smallest absolute Gasteiger partial charge is 0.223 e. The van der Waals surface area contributed by atoms with E-state index in [-0.39, 0.29) is 12.5 Å². The molecule has 1 saturated heterocycles. The summed E-state index contributed by atoms with van der Waals surface area (Å²) in [5.41, 5.74) is 5.89. The molecule has 2 aliphatic rings. The van der Waals surface area contributed by atoms with Crippen LogP contribution in [0, 0.1) is 0 Å². The third-order valence-electron chi connectivity index (χ3n) is 7.03. The molecule has 0 atom stereocenters. The van der Waals surface area contributed by atoms with Gasteiger partial charge in [0.1, 0.15) is 5.82 Å². The molecule has 1 aliphatic heterocycles. The highest BCUT2D eigenvalue weighted by Gasteiger charge is 2.30. The number of amides is 1. The predicted molar refractivity (Wildman–Crippen MR) is 148 cm³/mol. The Morgan fingerprint density at radius 2 is 2.05 bits per heavy atom. The van der Waals surface area contributed by atoms with Crippen LogP contribution in [0.3, 0.4) is 0 Å². The zero-order chi connectivity index (χ0) is 26.1. The van der Waals surface area contributed by atoms with Crippen LogP contribution in [-0.4, -0.2) is 80.0 Å².